The minimum absolute atomic E-state index is 0.150. The Morgan fingerprint density at radius 3 is 2.65 bits per heavy atom. The van der Waals surface area contributed by atoms with Gasteiger partial charge >= 0.3 is 0 Å². The molecule has 0 spiro atoms. The molecule has 3 heteroatoms. The Kier molecular flexibility index (Phi) is 4.15. The highest BCUT2D eigenvalue weighted by Crippen LogP contribution is 2.25. The SMILES string of the molecule is Cc1cccc([C@@H](CO)N2CCNCC2)c1C. The first-order valence-corrected chi connectivity index (χ1v) is 6.35. The first kappa shape index (κ1) is 12.6. The van der Waals surface area contributed by atoms with Crippen molar-refractivity contribution >= 4 is 0 Å². The van der Waals surface area contributed by atoms with Crippen molar-refractivity contribution < 1.29 is 5.11 Å². The van der Waals surface area contributed by atoms with Gasteiger partial charge in [-0.15, -0.1) is 0 Å². The van der Waals surface area contributed by atoms with Gasteiger partial charge in [0.05, 0.1) is 12.6 Å². The molecule has 0 bridgehead atoms. The fourth-order valence-electron chi connectivity index (χ4n) is 2.54. The first-order valence-electron chi connectivity index (χ1n) is 6.35. The summed E-state index contributed by atoms with van der Waals surface area (Å²) in [7, 11) is 0. The number of nitrogens with one attached hydrogen (secondary N) is 1. The van der Waals surface area contributed by atoms with E-state index in [4.69, 9.17) is 0 Å². The second-order valence-electron chi connectivity index (χ2n) is 4.77. The molecule has 1 atom stereocenters. The van der Waals surface area contributed by atoms with Gasteiger partial charge in [0.1, 0.15) is 0 Å². The summed E-state index contributed by atoms with van der Waals surface area (Å²) >= 11 is 0. The van der Waals surface area contributed by atoms with Crippen molar-refractivity contribution in [3.05, 3.63) is 34.9 Å². The zero-order valence-corrected chi connectivity index (χ0v) is 10.7. The Labute approximate surface area is 103 Å². The molecule has 2 rings (SSSR count). The molecule has 1 aromatic carbocycles. The highest BCUT2D eigenvalue weighted by molar-refractivity contribution is 5.35. The molecule has 1 heterocycles. The quantitative estimate of drug-likeness (QED) is 0.826. The second-order valence-corrected chi connectivity index (χ2v) is 4.77. The van der Waals surface area contributed by atoms with Crippen molar-refractivity contribution in [2.75, 3.05) is 32.8 Å². The van der Waals surface area contributed by atoms with Gasteiger partial charge in [-0.3, -0.25) is 4.90 Å². The van der Waals surface area contributed by atoms with E-state index in [0.29, 0.717) is 0 Å². The topological polar surface area (TPSA) is 35.5 Å². The Balaban J connectivity index is 2.24. The Morgan fingerprint density at radius 1 is 1.29 bits per heavy atom. The number of nitrogens with zero attached hydrogens (tertiary/aromatic N) is 1. The number of rotatable bonds is 3. The second kappa shape index (κ2) is 5.63. The lowest BCUT2D eigenvalue weighted by Crippen LogP contribution is -2.46. The monoisotopic (exact) mass is 234 g/mol. The van der Waals surface area contributed by atoms with Crippen LogP contribution in [0.5, 0.6) is 0 Å². The Hall–Kier alpha value is -0.900. The van der Waals surface area contributed by atoms with E-state index in [0.717, 1.165) is 26.2 Å². The molecule has 1 aliphatic rings. The van der Waals surface area contributed by atoms with Gasteiger partial charge in [-0.25, -0.2) is 0 Å². The van der Waals surface area contributed by atoms with Gasteiger partial charge in [-0.1, -0.05) is 18.2 Å². The lowest BCUT2D eigenvalue weighted by atomic mass is 9.96. The molecule has 1 fully saturated rings. The molecule has 0 aliphatic carbocycles. The van der Waals surface area contributed by atoms with Gasteiger partial charge < -0.3 is 10.4 Å². The number of aliphatic hydroxyl groups excluding tert-OH is 1. The average Bonchev–Trinajstić information content (AvgIpc) is 2.37. The number of hydrogen-bond acceptors (Lipinski definition) is 3. The van der Waals surface area contributed by atoms with Crippen molar-refractivity contribution in [1.82, 2.24) is 10.2 Å². The van der Waals surface area contributed by atoms with E-state index in [1.807, 2.05) is 0 Å². The third-order valence-corrected chi connectivity index (χ3v) is 3.77. The van der Waals surface area contributed by atoms with Gasteiger partial charge in [0.25, 0.3) is 0 Å². The summed E-state index contributed by atoms with van der Waals surface area (Å²) in [6.45, 7) is 8.53. The lowest BCUT2D eigenvalue weighted by molar-refractivity contribution is 0.110. The molecule has 3 nitrogen and oxygen atoms in total. The van der Waals surface area contributed by atoms with Crippen LogP contribution in [0.25, 0.3) is 0 Å². The number of piperazine rings is 1. The van der Waals surface area contributed by atoms with Crippen LogP contribution in [0.2, 0.25) is 0 Å². The van der Waals surface area contributed by atoms with E-state index in [1.54, 1.807) is 0 Å². The number of aryl methyl sites for hydroxylation is 1. The first-order chi connectivity index (χ1) is 8.24. The largest absolute Gasteiger partial charge is 0.394 e. The summed E-state index contributed by atoms with van der Waals surface area (Å²) < 4.78 is 0. The van der Waals surface area contributed by atoms with E-state index in [-0.39, 0.29) is 12.6 Å². The van der Waals surface area contributed by atoms with Crippen molar-refractivity contribution in [2.45, 2.75) is 19.9 Å². The maximum atomic E-state index is 9.68. The van der Waals surface area contributed by atoms with Crippen molar-refractivity contribution in [1.29, 1.82) is 0 Å². The molecule has 1 saturated heterocycles. The van der Waals surface area contributed by atoms with Crippen LogP contribution in [0.4, 0.5) is 0 Å². The zero-order chi connectivity index (χ0) is 12.3. The summed E-state index contributed by atoms with van der Waals surface area (Å²) in [6, 6.07) is 6.51. The van der Waals surface area contributed by atoms with Gasteiger partial charge in [0.2, 0.25) is 0 Å². The van der Waals surface area contributed by atoms with Crippen molar-refractivity contribution in [3.8, 4) is 0 Å². The van der Waals surface area contributed by atoms with Crippen LogP contribution >= 0.6 is 0 Å². The summed E-state index contributed by atoms with van der Waals surface area (Å²) in [5.41, 5.74) is 3.88. The van der Waals surface area contributed by atoms with E-state index in [2.05, 4.69) is 42.3 Å². The molecule has 1 aromatic rings. The van der Waals surface area contributed by atoms with E-state index in [9.17, 15) is 5.11 Å². The van der Waals surface area contributed by atoms with E-state index < -0.39 is 0 Å². The summed E-state index contributed by atoms with van der Waals surface area (Å²) in [4.78, 5) is 2.37. The fraction of sp³-hybridized carbons (Fsp3) is 0.571. The van der Waals surface area contributed by atoms with Crippen LogP contribution in [-0.2, 0) is 0 Å². The zero-order valence-electron chi connectivity index (χ0n) is 10.7. The van der Waals surface area contributed by atoms with Gasteiger partial charge in [-0.2, -0.15) is 0 Å². The smallest absolute Gasteiger partial charge is 0.0628 e. The van der Waals surface area contributed by atoms with Gasteiger partial charge in [-0.05, 0) is 30.5 Å². The molecule has 0 radical (unpaired) electrons. The van der Waals surface area contributed by atoms with Crippen LogP contribution in [0.1, 0.15) is 22.7 Å². The Bertz CT molecular complexity index is 372. The third-order valence-electron chi connectivity index (χ3n) is 3.77. The fourth-order valence-corrected chi connectivity index (χ4v) is 2.54. The molecule has 0 unspecified atom stereocenters. The standard InChI is InChI=1S/C14H22N2O/c1-11-4-3-5-13(12(11)2)14(10-17)16-8-6-15-7-9-16/h3-5,14-15,17H,6-10H2,1-2H3/t14-/m1/s1. The molecule has 94 valence electrons. The predicted octanol–water partition coefficient (Wildman–Crippen LogP) is 1.24. The summed E-state index contributed by atoms with van der Waals surface area (Å²) in [5, 5.41) is 13.0. The molecule has 0 aromatic heterocycles. The molecule has 2 N–H and O–H groups in total. The predicted molar refractivity (Wildman–Crippen MR) is 70.2 cm³/mol. The van der Waals surface area contributed by atoms with E-state index in [1.165, 1.54) is 16.7 Å². The highest BCUT2D eigenvalue weighted by atomic mass is 16.3. The minimum Gasteiger partial charge on any atom is -0.394 e. The highest BCUT2D eigenvalue weighted by Gasteiger charge is 2.22. The summed E-state index contributed by atoms with van der Waals surface area (Å²) in [5.74, 6) is 0. The maximum Gasteiger partial charge on any atom is 0.0628 e. The normalized spacial score (nSPS) is 19.2. The molecule has 17 heavy (non-hydrogen) atoms. The third kappa shape index (κ3) is 2.68. The van der Waals surface area contributed by atoms with E-state index >= 15 is 0 Å². The van der Waals surface area contributed by atoms with Crippen molar-refractivity contribution in [3.63, 3.8) is 0 Å². The van der Waals surface area contributed by atoms with Crippen LogP contribution in [0, 0.1) is 13.8 Å². The average molecular weight is 234 g/mol. The van der Waals surface area contributed by atoms with Crippen molar-refractivity contribution in [2.24, 2.45) is 0 Å². The molecule has 1 aliphatic heterocycles. The van der Waals surface area contributed by atoms with Crippen LogP contribution in [-0.4, -0.2) is 42.8 Å². The van der Waals surface area contributed by atoms with Gasteiger partial charge in [0, 0.05) is 26.2 Å². The van der Waals surface area contributed by atoms with Gasteiger partial charge in [0.15, 0.2) is 0 Å². The van der Waals surface area contributed by atoms with Crippen LogP contribution in [0.3, 0.4) is 0 Å². The molecular formula is C14H22N2O. The lowest BCUT2D eigenvalue weighted by Gasteiger charge is -2.35. The van der Waals surface area contributed by atoms with Crippen LogP contribution in [0.15, 0.2) is 18.2 Å². The Morgan fingerprint density at radius 2 is 2.00 bits per heavy atom. The maximum absolute atomic E-state index is 9.68. The molecule has 0 saturated carbocycles. The number of hydrogen-bond donors (Lipinski definition) is 2. The van der Waals surface area contributed by atoms with Crippen LogP contribution < -0.4 is 5.32 Å². The number of benzene rings is 1. The summed E-state index contributed by atoms with van der Waals surface area (Å²) in [6.07, 6.45) is 0. The molecule has 0 amide bonds. The number of aliphatic hydroxyl groups is 1. The minimum atomic E-state index is 0.150. The molecular weight excluding hydrogens is 212 g/mol.